The third-order valence-corrected chi connectivity index (χ3v) is 2.60. The van der Waals surface area contributed by atoms with Gasteiger partial charge in [-0.25, -0.2) is 9.97 Å². The van der Waals surface area contributed by atoms with Gasteiger partial charge in [0, 0.05) is 5.02 Å². The maximum Gasteiger partial charge on any atom is 0.451 e. The van der Waals surface area contributed by atoms with Gasteiger partial charge in [0.05, 0.1) is 23.6 Å². The number of hydrogen-bond acceptors (Lipinski definition) is 4. The Morgan fingerprint density at radius 3 is 2.43 bits per heavy atom. The number of nitrogens with one attached hydrogen (secondary N) is 1. The van der Waals surface area contributed by atoms with Gasteiger partial charge in [0.15, 0.2) is 0 Å². The van der Waals surface area contributed by atoms with Gasteiger partial charge in [-0.15, -0.1) is 0 Å². The van der Waals surface area contributed by atoms with Gasteiger partial charge in [0.2, 0.25) is 5.82 Å². The summed E-state index contributed by atoms with van der Waals surface area (Å²) in [6, 6.07) is 3.83. The first-order valence-electron chi connectivity index (χ1n) is 5.46. The number of phenols is 1. The molecular formula is C12H7ClF3N3O2. The molecule has 0 saturated heterocycles. The van der Waals surface area contributed by atoms with Gasteiger partial charge in [-0.3, -0.25) is 4.79 Å². The molecule has 0 aliphatic rings. The molecule has 1 heterocycles. The van der Waals surface area contributed by atoms with Gasteiger partial charge >= 0.3 is 6.18 Å². The Kier molecular flexibility index (Phi) is 3.99. The lowest BCUT2D eigenvalue weighted by Crippen LogP contribution is -2.15. The Morgan fingerprint density at radius 2 is 1.86 bits per heavy atom. The van der Waals surface area contributed by atoms with Crippen LogP contribution >= 0.6 is 11.6 Å². The van der Waals surface area contributed by atoms with Crippen molar-refractivity contribution in [1.29, 1.82) is 0 Å². The first-order chi connectivity index (χ1) is 9.77. The number of amides is 1. The average Bonchev–Trinajstić information content (AvgIpc) is 2.41. The highest BCUT2D eigenvalue weighted by Gasteiger charge is 2.34. The molecule has 2 aromatic rings. The molecule has 0 aliphatic heterocycles. The number of phenolic OH excluding ortho intramolecular Hbond substituents is 1. The molecule has 0 atom stereocenters. The predicted octanol–water partition coefficient (Wildman–Crippen LogP) is 3.11. The zero-order valence-corrected chi connectivity index (χ0v) is 10.9. The number of halogens is 4. The summed E-state index contributed by atoms with van der Waals surface area (Å²) in [6.07, 6.45) is -3.03. The molecule has 5 nitrogen and oxygen atoms in total. The Bertz CT molecular complexity index is 674. The molecule has 0 fully saturated rings. The summed E-state index contributed by atoms with van der Waals surface area (Å²) in [4.78, 5) is 18.1. The highest BCUT2D eigenvalue weighted by Crippen LogP contribution is 2.26. The van der Waals surface area contributed by atoms with Crippen LogP contribution < -0.4 is 5.32 Å². The molecule has 0 aliphatic carbocycles. The normalized spacial score (nSPS) is 11.2. The highest BCUT2D eigenvalue weighted by atomic mass is 35.5. The van der Waals surface area contributed by atoms with Crippen molar-refractivity contribution in [2.24, 2.45) is 0 Å². The number of nitrogens with zero attached hydrogens (tertiary/aromatic N) is 2. The molecule has 0 spiro atoms. The summed E-state index contributed by atoms with van der Waals surface area (Å²) in [5, 5.41) is 12.0. The fourth-order valence-corrected chi connectivity index (χ4v) is 1.60. The molecule has 0 unspecified atom stereocenters. The fraction of sp³-hybridized carbons (Fsp3) is 0.0833. The van der Waals surface area contributed by atoms with E-state index in [1.54, 1.807) is 0 Å². The fourth-order valence-electron chi connectivity index (χ4n) is 1.43. The van der Waals surface area contributed by atoms with E-state index in [0.29, 0.717) is 0 Å². The predicted molar refractivity (Wildman–Crippen MR) is 68.1 cm³/mol. The van der Waals surface area contributed by atoms with Crippen LogP contribution in [0.1, 0.15) is 16.2 Å². The summed E-state index contributed by atoms with van der Waals surface area (Å²) in [5.41, 5.74) is -0.172. The van der Waals surface area contributed by atoms with Crippen LogP contribution in [0.15, 0.2) is 30.6 Å². The summed E-state index contributed by atoms with van der Waals surface area (Å²) >= 11 is 5.69. The third-order valence-electron chi connectivity index (χ3n) is 2.37. The Balaban J connectivity index is 2.18. The van der Waals surface area contributed by atoms with Crippen LogP contribution in [0.3, 0.4) is 0 Å². The molecule has 2 rings (SSSR count). The molecule has 1 amide bonds. The van der Waals surface area contributed by atoms with E-state index < -0.39 is 17.9 Å². The van der Waals surface area contributed by atoms with Crippen molar-refractivity contribution in [3.63, 3.8) is 0 Å². The second-order valence-corrected chi connectivity index (χ2v) is 4.35. The number of carbonyl (C=O) groups is 1. The van der Waals surface area contributed by atoms with E-state index >= 15 is 0 Å². The first kappa shape index (κ1) is 15.0. The van der Waals surface area contributed by atoms with E-state index in [2.05, 4.69) is 15.3 Å². The van der Waals surface area contributed by atoms with Gasteiger partial charge < -0.3 is 10.4 Å². The minimum atomic E-state index is -4.66. The van der Waals surface area contributed by atoms with Crippen LogP contribution in [0, 0.1) is 0 Å². The molecule has 1 aromatic heterocycles. The summed E-state index contributed by atoms with van der Waals surface area (Å²) in [6.45, 7) is 0. The van der Waals surface area contributed by atoms with E-state index in [4.69, 9.17) is 11.6 Å². The molecule has 1 aromatic carbocycles. The standard InChI is InChI=1S/C12H7ClF3N3O2/c13-6-1-2-9(20)8(3-6)10(21)19-7-4-17-11(18-5-7)12(14,15)16/h1-5,20H,(H,19,21). The van der Waals surface area contributed by atoms with Crippen molar-refractivity contribution >= 4 is 23.2 Å². The summed E-state index contributed by atoms with van der Waals surface area (Å²) < 4.78 is 36.9. The molecular weight excluding hydrogens is 311 g/mol. The van der Waals surface area contributed by atoms with Crippen LogP contribution in [-0.2, 0) is 6.18 Å². The van der Waals surface area contributed by atoms with Crippen molar-refractivity contribution in [3.8, 4) is 5.75 Å². The molecule has 9 heteroatoms. The molecule has 0 radical (unpaired) electrons. The van der Waals surface area contributed by atoms with E-state index in [1.807, 2.05) is 0 Å². The van der Waals surface area contributed by atoms with Gasteiger partial charge in [0.25, 0.3) is 5.91 Å². The monoisotopic (exact) mass is 317 g/mol. The maximum absolute atomic E-state index is 12.3. The van der Waals surface area contributed by atoms with Gasteiger partial charge in [-0.05, 0) is 18.2 Å². The van der Waals surface area contributed by atoms with Crippen LogP contribution in [-0.4, -0.2) is 21.0 Å². The van der Waals surface area contributed by atoms with E-state index in [-0.39, 0.29) is 22.0 Å². The van der Waals surface area contributed by atoms with Crippen molar-refractivity contribution in [2.45, 2.75) is 6.18 Å². The van der Waals surface area contributed by atoms with Crippen molar-refractivity contribution < 1.29 is 23.1 Å². The number of aromatic hydroxyl groups is 1. The van der Waals surface area contributed by atoms with Crippen molar-refractivity contribution in [1.82, 2.24) is 9.97 Å². The summed E-state index contributed by atoms with van der Waals surface area (Å²) in [7, 11) is 0. The Morgan fingerprint density at radius 1 is 1.24 bits per heavy atom. The largest absolute Gasteiger partial charge is 0.507 e. The number of anilines is 1. The van der Waals surface area contributed by atoms with Gasteiger partial charge in [0.1, 0.15) is 5.75 Å². The zero-order chi connectivity index (χ0) is 15.6. The number of hydrogen-bond donors (Lipinski definition) is 2. The minimum Gasteiger partial charge on any atom is -0.507 e. The highest BCUT2D eigenvalue weighted by molar-refractivity contribution is 6.31. The van der Waals surface area contributed by atoms with Gasteiger partial charge in [-0.2, -0.15) is 13.2 Å². The smallest absolute Gasteiger partial charge is 0.451 e. The van der Waals surface area contributed by atoms with Crippen molar-refractivity contribution in [2.75, 3.05) is 5.32 Å². The van der Waals surface area contributed by atoms with Crippen LogP contribution in [0.4, 0.5) is 18.9 Å². The SMILES string of the molecule is O=C(Nc1cnc(C(F)(F)F)nc1)c1cc(Cl)ccc1O. The number of benzene rings is 1. The Labute approximate surface area is 121 Å². The lowest BCUT2D eigenvalue weighted by atomic mass is 10.2. The lowest BCUT2D eigenvalue weighted by molar-refractivity contribution is -0.144. The van der Waals surface area contributed by atoms with Crippen LogP contribution in [0.2, 0.25) is 5.02 Å². The van der Waals surface area contributed by atoms with Crippen molar-refractivity contribution in [3.05, 3.63) is 47.0 Å². The molecule has 21 heavy (non-hydrogen) atoms. The molecule has 0 saturated carbocycles. The van der Waals surface area contributed by atoms with E-state index in [1.165, 1.54) is 18.2 Å². The minimum absolute atomic E-state index is 0.0487. The molecule has 2 N–H and O–H groups in total. The average molecular weight is 318 g/mol. The zero-order valence-electron chi connectivity index (χ0n) is 10.1. The topological polar surface area (TPSA) is 75.1 Å². The molecule has 110 valence electrons. The number of rotatable bonds is 2. The van der Waals surface area contributed by atoms with Crippen LogP contribution in [0.25, 0.3) is 0 Å². The summed E-state index contributed by atoms with van der Waals surface area (Å²) in [5.74, 6) is -2.38. The van der Waals surface area contributed by atoms with E-state index in [9.17, 15) is 23.1 Å². The van der Waals surface area contributed by atoms with Crippen LogP contribution in [0.5, 0.6) is 5.75 Å². The lowest BCUT2D eigenvalue weighted by Gasteiger charge is -2.08. The third kappa shape index (κ3) is 3.60. The Hall–Kier alpha value is -2.35. The number of alkyl halides is 3. The number of aromatic nitrogens is 2. The first-order valence-corrected chi connectivity index (χ1v) is 5.84. The van der Waals surface area contributed by atoms with Gasteiger partial charge in [-0.1, -0.05) is 11.6 Å². The van der Waals surface area contributed by atoms with E-state index in [0.717, 1.165) is 12.4 Å². The maximum atomic E-state index is 12.3. The quantitative estimate of drug-likeness (QED) is 0.892. The number of carbonyl (C=O) groups excluding carboxylic acids is 1. The molecule has 0 bridgehead atoms. The second kappa shape index (κ2) is 5.57. The second-order valence-electron chi connectivity index (χ2n) is 3.91.